The Morgan fingerprint density at radius 2 is 1.48 bits per heavy atom. The third-order valence-electron chi connectivity index (χ3n) is 2.56. The number of hydrogen-bond acceptors (Lipinski definition) is 6. The predicted molar refractivity (Wildman–Crippen MR) is 86.3 cm³/mol. The molecule has 0 saturated carbocycles. The van der Waals surface area contributed by atoms with Crippen LogP contribution in [-0.2, 0) is 0 Å². The molecule has 0 aliphatic heterocycles. The highest BCUT2D eigenvalue weighted by Gasteiger charge is 2.18. The van der Waals surface area contributed by atoms with Gasteiger partial charge >= 0.3 is 11.4 Å². The third-order valence-corrected chi connectivity index (χ3v) is 3.29. The SMILES string of the molecule is Cc1cc(Cl)nc(Cl)c1[N+](=O)[O-].Cc1ccnc(Cl)c1[N+](=O)[O-]. The number of nitrogens with zero attached hydrogens (tertiary/aromatic N) is 4. The summed E-state index contributed by atoms with van der Waals surface area (Å²) < 4.78 is 0. The number of hydrogen-bond donors (Lipinski definition) is 0. The van der Waals surface area contributed by atoms with Gasteiger partial charge < -0.3 is 0 Å². The number of aromatic nitrogens is 2. The Morgan fingerprint density at radius 1 is 0.957 bits per heavy atom. The van der Waals surface area contributed by atoms with Crippen molar-refractivity contribution in [2.45, 2.75) is 13.8 Å². The van der Waals surface area contributed by atoms with Gasteiger partial charge in [0.05, 0.1) is 9.85 Å². The van der Waals surface area contributed by atoms with Crippen molar-refractivity contribution < 1.29 is 9.85 Å². The maximum atomic E-state index is 10.4. The largest absolute Gasteiger partial charge is 0.309 e. The van der Waals surface area contributed by atoms with E-state index in [9.17, 15) is 20.2 Å². The van der Waals surface area contributed by atoms with Gasteiger partial charge in [0, 0.05) is 17.3 Å². The Balaban J connectivity index is 0.000000231. The molecule has 23 heavy (non-hydrogen) atoms. The first-order valence-electron chi connectivity index (χ1n) is 5.87. The third kappa shape index (κ3) is 4.98. The number of nitro groups is 2. The molecule has 2 aromatic heterocycles. The summed E-state index contributed by atoms with van der Waals surface area (Å²) in [6.45, 7) is 3.17. The molecule has 0 saturated heterocycles. The molecule has 2 aromatic rings. The lowest BCUT2D eigenvalue weighted by Crippen LogP contribution is -1.94. The van der Waals surface area contributed by atoms with Crippen molar-refractivity contribution in [2.75, 3.05) is 0 Å². The minimum atomic E-state index is -0.582. The Hall–Kier alpha value is -2.03. The minimum Gasteiger partial charge on any atom is -0.258 e. The van der Waals surface area contributed by atoms with Crippen molar-refractivity contribution in [3.8, 4) is 0 Å². The van der Waals surface area contributed by atoms with Crippen LogP contribution < -0.4 is 0 Å². The second-order valence-corrected chi connectivity index (χ2v) is 5.29. The lowest BCUT2D eigenvalue weighted by Gasteiger charge is -1.98. The van der Waals surface area contributed by atoms with Crippen LogP contribution in [-0.4, -0.2) is 19.8 Å². The Bertz CT molecular complexity index is 727. The van der Waals surface area contributed by atoms with E-state index in [2.05, 4.69) is 9.97 Å². The van der Waals surface area contributed by atoms with E-state index in [1.54, 1.807) is 19.9 Å². The Kier molecular flexibility index (Phi) is 6.62. The molecule has 0 radical (unpaired) electrons. The van der Waals surface area contributed by atoms with Gasteiger partial charge in [0.15, 0.2) is 0 Å². The van der Waals surface area contributed by atoms with Gasteiger partial charge in [-0.3, -0.25) is 20.2 Å². The van der Waals surface area contributed by atoms with Crippen LogP contribution in [0.25, 0.3) is 0 Å². The van der Waals surface area contributed by atoms with Crippen LogP contribution in [0.2, 0.25) is 15.5 Å². The van der Waals surface area contributed by atoms with Crippen LogP contribution in [0.5, 0.6) is 0 Å². The highest BCUT2D eigenvalue weighted by atomic mass is 35.5. The molecule has 122 valence electrons. The van der Waals surface area contributed by atoms with Crippen LogP contribution in [0.1, 0.15) is 11.1 Å². The summed E-state index contributed by atoms with van der Waals surface area (Å²) in [5, 5.41) is 20.6. The molecule has 2 heterocycles. The molecule has 0 aromatic carbocycles. The molecule has 0 amide bonds. The molecule has 0 N–H and O–H groups in total. The van der Waals surface area contributed by atoms with E-state index in [1.807, 2.05) is 0 Å². The van der Waals surface area contributed by atoms with E-state index in [4.69, 9.17) is 34.8 Å². The van der Waals surface area contributed by atoms with Gasteiger partial charge in [-0.1, -0.05) is 34.8 Å². The monoisotopic (exact) mass is 378 g/mol. The zero-order chi connectivity index (χ0) is 17.7. The molecule has 0 fully saturated rings. The predicted octanol–water partition coefficient (Wildman–Crippen LogP) is 4.56. The molecule has 2 rings (SSSR count). The maximum absolute atomic E-state index is 10.4. The van der Waals surface area contributed by atoms with Crippen LogP contribution >= 0.6 is 34.8 Å². The van der Waals surface area contributed by atoms with Crippen LogP contribution in [0, 0.1) is 34.1 Å². The smallest absolute Gasteiger partial charge is 0.258 e. The van der Waals surface area contributed by atoms with Crippen molar-refractivity contribution in [3.05, 3.63) is 65.1 Å². The summed E-state index contributed by atoms with van der Waals surface area (Å²) in [7, 11) is 0. The first kappa shape index (κ1) is 19.0. The maximum Gasteiger partial charge on any atom is 0.309 e. The molecular weight excluding hydrogens is 371 g/mol. The first-order valence-corrected chi connectivity index (χ1v) is 7.01. The van der Waals surface area contributed by atoms with Crippen molar-refractivity contribution >= 4 is 46.2 Å². The normalized spacial score (nSPS) is 9.78. The van der Waals surface area contributed by atoms with Crippen LogP contribution in [0.3, 0.4) is 0 Å². The van der Waals surface area contributed by atoms with Crippen molar-refractivity contribution in [2.24, 2.45) is 0 Å². The van der Waals surface area contributed by atoms with Crippen molar-refractivity contribution in [1.29, 1.82) is 0 Å². The molecule has 0 aliphatic rings. The van der Waals surface area contributed by atoms with Gasteiger partial charge in [-0.15, -0.1) is 0 Å². The zero-order valence-electron chi connectivity index (χ0n) is 11.8. The molecule has 0 aliphatic carbocycles. The number of pyridine rings is 2. The highest BCUT2D eigenvalue weighted by molar-refractivity contribution is 6.34. The van der Waals surface area contributed by atoms with E-state index < -0.39 is 9.85 Å². The summed E-state index contributed by atoms with van der Waals surface area (Å²) in [4.78, 5) is 26.7. The molecule has 11 heteroatoms. The zero-order valence-corrected chi connectivity index (χ0v) is 14.1. The number of rotatable bonds is 2. The summed E-state index contributed by atoms with van der Waals surface area (Å²) in [5.74, 6) is 0. The molecule has 8 nitrogen and oxygen atoms in total. The van der Waals surface area contributed by atoms with Gasteiger partial charge in [0.25, 0.3) is 0 Å². The molecule has 0 unspecified atom stereocenters. The van der Waals surface area contributed by atoms with Crippen LogP contribution in [0.15, 0.2) is 18.3 Å². The van der Waals surface area contributed by atoms with Crippen LogP contribution in [0.4, 0.5) is 11.4 Å². The summed E-state index contributed by atoms with van der Waals surface area (Å²) >= 11 is 16.5. The minimum absolute atomic E-state index is 0.0602. The average Bonchev–Trinajstić information content (AvgIpc) is 2.36. The van der Waals surface area contributed by atoms with Gasteiger partial charge in [0.2, 0.25) is 10.3 Å². The van der Waals surface area contributed by atoms with E-state index in [-0.39, 0.29) is 26.8 Å². The average molecular weight is 380 g/mol. The van der Waals surface area contributed by atoms with Crippen molar-refractivity contribution in [1.82, 2.24) is 9.97 Å². The standard InChI is InChI=1S/C6H4Cl2N2O2.C6H5ClN2O2/c1-3-2-4(7)9-6(8)5(3)10(11)12;1-4-2-3-8-6(7)5(4)9(10)11/h2H,1H3;2-3H,1H3. The first-order chi connectivity index (χ1) is 10.6. The van der Waals surface area contributed by atoms with Gasteiger partial charge in [-0.2, -0.15) is 0 Å². The summed E-state index contributed by atoms with van der Waals surface area (Å²) in [6.07, 6.45) is 1.44. The number of halogens is 3. The topological polar surface area (TPSA) is 112 Å². The molecule has 0 atom stereocenters. The molecule has 0 bridgehead atoms. The highest BCUT2D eigenvalue weighted by Crippen LogP contribution is 2.28. The second-order valence-electron chi connectivity index (χ2n) is 4.18. The molecular formula is C12H9Cl3N4O4. The van der Waals surface area contributed by atoms with E-state index in [0.717, 1.165) is 0 Å². The molecule has 0 spiro atoms. The lowest BCUT2D eigenvalue weighted by molar-refractivity contribution is -0.385. The van der Waals surface area contributed by atoms with E-state index >= 15 is 0 Å². The van der Waals surface area contributed by atoms with Gasteiger partial charge in [0.1, 0.15) is 5.15 Å². The van der Waals surface area contributed by atoms with Gasteiger partial charge in [-0.25, -0.2) is 9.97 Å². The van der Waals surface area contributed by atoms with Crippen molar-refractivity contribution in [3.63, 3.8) is 0 Å². The fourth-order valence-electron chi connectivity index (χ4n) is 1.54. The fraction of sp³-hybridized carbons (Fsp3) is 0.167. The quantitative estimate of drug-likeness (QED) is 0.429. The Labute approximate surface area is 145 Å². The second kappa shape index (κ2) is 8.00. The summed E-state index contributed by atoms with van der Waals surface area (Å²) in [6, 6.07) is 2.94. The van der Waals surface area contributed by atoms with E-state index in [1.165, 1.54) is 12.3 Å². The summed E-state index contributed by atoms with van der Waals surface area (Å²) in [5.41, 5.74) is 0.621. The van der Waals surface area contributed by atoms with Gasteiger partial charge in [-0.05, 0) is 26.0 Å². The van der Waals surface area contributed by atoms with E-state index in [0.29, 0.717) is 11.1 Å². The fourth-order valence-corrected chi connectivity index (χ4v) is 2.42. The number of aryl methyl sites for hydroxylation is 2. The lowest BCUT2D eigenvalue weighted by atomic mass is 10.2. The Morgan fingerprint density at radius 3 is 1.87 bits per heavy atom.